The standard InChI is InChI=1S/C19H24N2O4/c1-11(2)25-19(23)16-12(3)17(21-13(16)4)18(22)20-10-14-7-6-8-15(9-14)24-5/h6-9,11,21H,10H2,1-5H3,(H,20,22). The summed E-state index contributed by atoms with van der Waals surface area (Å²) >= 11 is 0. The summed E-state index contributed by atoms with van der Waals surface area (Å²) in [4.78, 5) is 27.7. The van der Waals surface area contributed by atoms with E-state index in [0.717, 1.165) is 11.3 Å². The highest BCUT2D eigenvalue weighted by Gasteiger charge is 2.23. The Kier molecular flexibility index (Phi) is 5.85. The van der Waals surface area contributed by atoms with Crippen LogP contribution in [0.4, 0.5) is 0 Å². The number of nitrogens with one attached hydrogen (secondary N) is 2. The van der Waals surface area contributed by atoms with Crippen LogP contribution in [0, 0.1) is 13.8 Å². The van der Waals surface area contributed by atoms with Crippen molar-refractivity contribution in [1.82, 2.24) is 10.3 Å². The second kappa shape index (κ2) is 7.88. The Morgan fingerprint density at radius 1 is 1.24 bits per heavy atom. The fraction of sp³-hybridized carbons (Fsp3) is 0.368. The normalized spacial score (nSPS) is 10.6. The van der Waals surface area contributed by atoms with E-state index in [4.69, 9.17) is 9.47 Å². The highest BCUT2D eigenvalue weighted by atomic mass is 16.5. The molecule has 6 heteroatoms. The number of methoxy groups -OCH3 is 1. The highest BCUT2D eigenvalue weighted by molar-refractivity contribution is 6.00. The minimum atomic E-state index is -0.423. The Morgan fingerprint density at radius 2 is 1.96 bits per heavy atom. The van der Waals surface area contributed by atoms with Crippen LogP contribution in [-0.4, -0.2) is 30.1 Å². The molecule has 2 aromatic rings. The Labute approximate surface area is 147 Å². The minimum absolute atomic E-state index is 0.216. The van der Waals surface area contributed by atoms with Crippen LogP contribution in [-0.2, 0) is 11.3 Å². The number of esters is 1. The number of aryl methyl sites for hydroxylation is 1. The molecule has 0 saturated carbocycles. The highest BCUT2D eigenvalue weighted by Crippen LogP contribution is 2.20. The Balaban J connectivity index is 2.13. The molecule has 0 unspecified atom stereocenters. The molecule has 0 aliphatic carbocycles. The molecule has 2 N–H and O–H groups in total. The molecule has 134 valence electrons. The monoisotopic (exact) mass is 344 g/mol. The molecular formula is C19H24N2O4. The van der Waals surface area contributed by atoms with E-state index in [1.807, 2.05) is 24.3 Å². The van der Waals surface area contributed by atoms with Crippen LogP contribution in [0.15, 0.2) is 24.3 Å². The molecule has 2 rings (SSSR count). The first-order valence-electron chi connectivity index (χ1n) is 8.14. The maximum absolute atomic E-state index is 12.5. The molecule has 0 aliphatic heterocycles. The van der Waals surface area contributed by atoms with Gasteiger partial charge in [0.25, 0.3) is 5.91 Å². The molecule has 1 amide bonds. The van der Waals surface area contributed by atoms with E-state index in [1.54, 1.807) is 34.8 Å². The number of carbonyl (C=O) groups is 2. The fourth-order valence-electron chi connectivity index (χ4n) is 2.61. The van der Waals surface area contributed by atoms with Gasteiger partial charge in [0.15, 0.2) is 0 Å². The number of aromatic amines is 1. The first-order chi connectivity index (χ1) is 11.8. The van der Waals surface area contributed by atoms with E-state index >= 15 is 0 Å². The zero-order valence-electron chi connectivity index (χ0n) is 15.2. The lowest BCUT2D eigenvalue weighted by Crippen LogP contribution is -2.24. The van der Waals surface area contributed by atoms with Gasteiger partial charge in [-0.3, -0.25) is 4.79 Å². The van der Waals surface area contributed by atoms with Gasteiger partial charge in [-0.05, 0) is 51.0 Å². The van der Waals surface area contributed by atoms with Gasteiger partial charge >= 0.3 is 5.97 Å². The maximum atomic E-state index is 12.5. The van der Waals surface area contributed by atoms with Crippen molar-refractivity contribution in [2.24, 2.45) is 0 Å². The average Bonchev–Trinajstić information content (AvgIpc) is 2.87. The van der Waals surface area contributed by atoms with Crippen molar-refractivity contribution >= 4 is 11.9 Å². The number of carbonyl (C=O) groups excluding carboxylic acids is 2. The predicted octanol–water partition coefficient (Wildman–Crippen LogP) is 3.14. The predicted molar refractivity (Wildman–Crippen MR) is 95.0 cm³/mol. The molecule has 6 nitrogen and oxygen atoms in total. The lowest BCUT2D eigenvalue weighted by Gasteiger charge is -2.09. The van der Waals surface area contributed by atoms with Crippen LogP contribution < -0.4 is 10.1 Å². The van der Waals surface area contributed by atoms with Crippen molar-refractivity contribution in [2.45, 2.75) is 40.3 Å². The van der Waals surface area contributed by atoms with E-state index in [9.17, 15) is 9.59 Å². The summed E-state index contributed by atoms with van der Waals surface area (Å²) in [5.74, 6) is 0.0393. The van der Waals surface area contributed by atoms with Crippen LogP contribution >= 0.6 is 0 Å². The summed E-state index contributed by atoms with van der Waals surface area (Å²) in [5, 5.41) is 2.85. The molecule has 0 aliphatic rings. The second-order valence-electron chi connectivity index (χ2n) is 6.11. The largest absolute Gasteiger partial charge is 0.497 e. The fourth-order valence-corrected chi connectivity index (χ4v) is 2.61. The molecule has 0 saturated heterocycles. The van der Waals surface area contributed by atoms with Gasteiger partial charge in [0.1, 0.15) is 11.4 Å². The molecule has 0 radical (unpaired) electrons. The molecule has 25 heavy (non-hydrogen) atoms. The summed E-state index contributed by atoms with van der Waals surface area (Å²) in [6.07, 6.45) is -0.216. The molecule has 1 heterocycles. The van der Waals surface area contributed by atoms with Gasteiger partial charge in [0, 0.05) is 12.2 Å². The minimum Gasteiger partial charge on any atom is -0.497 e. The van der Waals surface area contributed by atoms with Crippen molar-refractivity contribution in [3.63, 3.8) is 0 Å². The first-order valence-corrected chi connectivity index (χ1v) is 8.14. The smallest absolute Gasteiger partial charge is 0.340 e. The quantitative estimate of drug-likeness (QED) is 0.789. The van der Waals surface area contributed by atoms with Crippen LogP contribution in [0.3, 0.4) is 0 Å². The van der Waals surface area contributed by atoms with Gasteiger partial charge in [0.2, 0.25) is 0 Å². The van der Waals surface area contributed by atoms with Gasteiger partial charge in [-0.15, -0.1) is 0 Å². The third-order valence-corrected chi connectivity index (χ3v) is 3.80. The van der Waals surface area contributed by atoms with Crippen molar-refractivity contribution in [1.29, 1.82) is 0 Å². The Hall–Kier alpha value is -2.76. The summed E-state index contributed by atoms with van der Waals surface area (Å²) in [6, 6.07) is 7.47. The number of aromatic nitrogens is 1. The summed E-state index contributed by atoms with van der Waals surface area (Å²) in [7, 11) is 1.60. The van der Waals surface area contributed by atoms with Crippen LogP contribution in [0.2, 0.25) is 0 Å². The topological polar surface area (TPSA) is 80.4 Å². The van der Waals surface area contributed by atoms with Gasteiger partial charge < -0.3 is 19.8 Å². The van der Waals surface area contributed by atoms with Crippen LogP contribution in [0.25, 0.3) is 0 Å². The number of ether oxygens (including phenoxy) is 2. The summed E-state index contributed by atoms with van der Waals surface area (Å²) in [6.45, 7) is 7.43. The van der Waals surface area contributed by atoms with E-state index < -0.39 is 5.97 Å². The number of hydrogen-bond donors (Lipinski definition) is 2. The zero-order chi connectivity index (χ0) is 18.6. The SMILES string of the molecule is COc1cccc(CNC(=O)c2[nH]c(C)c(C(=O)OC(C)C)c2C)c1. The molecule has 1 aromatic heterocycles. The first kappa shape index (κ1) is 18.6. The van der Waals surface area contributed by atoms with Crippen LogP contribution in [0.1, 0.15) is 51.5 Å². The molecule has 1 aromatic carbocycles. The Morgan fingerprint density at radius 3 is 2.60 bits per heavy atom. The molecule has 0 atom stereocenters. The van der Waals surface area contributed by atoms with E-state index in [2.05, 4.69) is 10.3 Å². The van der Waals surface area contributed by atoms with Gasteiger partial charge in [0.05, 0.1) is 18.8 Å². The maximum Gasteiger partial charge on any atom is 0.340 e. The van der Waals surface area contributed by atoms with E-state index in [-0.39, 0.29) is 12.0 Å². The summed E-state index contributed by atoms with van der Waals surface area (Å²) < 4.78 is 10.4. The molecule has 0 bridgehead atoms. The number of amides is 1. The van der Waals surface area contributed by atoms with E-state index in [0.29, 0.717) is 29.1 Å². The number of hydrogen-bond acceptors (Lipinski definition) is 4. The van der Waals surface area contributed by atoms with Gasteiger partial charge in [-0.2, -0.15) is 0 Å². The van der Waals surface area contributed by atoms with Crippen molar-refractivity contribution in [3.8, 4) is 5.75 Å². The number of rotatable bonds is 6. The van der Waals surface area contributed by atoms with Crippen molar-refractivity contribution in [3.05, 3.63) is 52.3 Å². The Bertz CT molecular complexity index is 778. The van der Waals surface area contributed by atoms with Gasteiger partial charge in [-0.25, -0.2) is 4.79 Å². The number of H-pyrrole nitrogens is 1. The lowest BCUT2D eigenvalue weighted by atomic mass is 10.1. The lowest BCUT2D eigenvalue weighted by molar-refractivity contribution is 0.0376. The van der Waals surface area contributed by atoms with Crippen molar-refractivity contribution < 1.29 is 19.1 Å². The average molecular weight is 344 g/mol. The van der Waals surface area contributed by atoms with E-state index in [1.165, 1.54) is 0 Å². The molecular weight excluding hydrogens is 320 g/mol. The summed E-state index contributed by atoms with van der Waals surface area (Å²) in [5.41, 5.74) is 2.92. The van der Waals surface area contributed by atoms with Crippen molar-refractivity contribution in [2.75, 3.05) is 7.11 Å². The van der Waals surface area contributed by atoms with Crippen LogP contribution in [0.5, 0.6) is 5.75 Å². The molecule has 0 fully saturated rings. The zero-order valence-corrected chi connectivity index (χ0v) is 15.2. The van der Waals surface area contributed by atoms with Gasteiger partial charge in [-0.1, -0.05) is 12.1 Å². The third-order valence-electron chi connectivity index (χ3n) is 3.80. The number of benzene rings is 1. The third kappa shape index (κ3) is 4.41. The second-order valence-corrected chi connectivity index (χ2v) is 6.11. The molecule has 0 spiro atoms.